The van der Waals surface area contributed by atoms with Crippen LogP contribution in [0.4, 0.5) is 5.82 Å². The number of H-pyrrole nitrogens is 1. The molecule has 1 amide bonds. The van der Waals surface area contributed by atoms with Crippen LogP contribution in [0.1, 0.15) is 44.4 Å². The molecule has 5 heteroatoms. The predicted octanol–water partition coefficient (Wildman–Crippen LogP) is 2.37. The lowest BCUT2D eigenvalue weighted by molar-refractivity contribution is -0.116. The second kappa shape index (κ2) is 7.28. The highest BCUT2D eigenvalue weighted by Gasteiger charge is 2.15. The molecule has 1 rings (SSSR count). The fraction of sp³-hybridized carbons (Fsp3) is 0.714. The number of rotatable bonds is 7. The molecule has 1 aromatic heterocycles. The monoisotopic (exact) mass is 266 g/mol. The Bertz CT molecular complexity index is 412. The molecule has 0 saturated carbocycles. The summed E-state index contributed by atoms with van der Waals surface area (Å²) in [6.07, 6.45) is 2.38. The molecule has 0 bridgehead atoms. The van der Waals surface area contributed by atoms with Crippen molar-refractivity contribution < 1.29 is 4.79 Å². The van der Waals surface area contributed by atoms with Crippen molar-refractivity contribution in [3.8, 4) is 0 Å². The van der Waals surface area contributed by atoms with Crippen LogP contribution in [0.25, 0.3) is 0 Å². The zero-order valence-corrected chi connectivity index (χ0v) is 12.4. The number of aromatic nitrogens is 2. The first-order chi connectivity index (χ1) is 8.95. The minimum atomic E-state index is 0.0253. The van der Waals surface area contributed by atoms with Gasteiger partial charge in [-0.15, -0.1) is 0 Å². The standard InChI is InChI=1S/C14H26N4O/c1-9(2)12(7-8-15)5-6-13(19)16-14-10(3)11(4)17-18-14/h9,12H,5-8,15H2,1-4H3,(H2,16,17,18,19). The number of nitrogens with two attached hydrogens (primary N) is 1. The smallest absolute Gasteiger partial charge is 0.225 e. The minimum absolute atomic E-state index is 0.0253. The lowest BCUT2D eigenvalue weighted by atomic mass is 9.88. The van der Waals surface area contributed by atoms with Gasteiger partial charge < -0.3 is 11.1 Å². The number of aryl methyl sites for hydroxylation is 1. The Kier molecular flexibility index (Phi) is 6.02. The molecular weight excluding hydrogens is 240 g/mol. The number of nitrogens with zero attached hydrogens (tertiary/aromatic N) is 1. The summed E-state index contributed by atoms with van der Waals surface area (Å²) in [5.41, 5.74) is 7.59. The third-order valence-electron chi connectivity index (χ3n) is 3.73. The van der Waals surface area contributed by atoms with Gasteiger partial charge in [-0.3, -0.25) is 9.89 Å². The fourth-order valence-electron chi connectivity index (χ4n) is 2.14. The largest absolute Gasteiger partial charge is 0.330 e. The Morgan fingerprint density at radius 2 is 2.05 bits per heavy atom. The van der Waals surface area contributed by atoms with Crippen LogP contribution in [0.5, 0.6) is 0 Å². The number of carbonyl (C=O) groups is 1. The minimum Gasteiger partial charge on any atom is -0.330 e. The van der Waals surface area contributed by atoms with E-state index in [4.69, 9.17) is 5.73 Å². The molecule has 0 aliphatic carbocycles. The van der Waals surface area contributed by atoms with E-state index in [2.05, 4.69) is 29.4 Å². The first-order valence-electron chi connectivity index (χ1n) is 6.97. The fourth-order valence-corrected chi connectivity index (χ4v) is 2.14. The maximum atomic E-state index is 11.9. The molecule has 0 aromatic carbocycles. The quantitative estimate of drug-likeness (QED) is 0.708. The van der Waals surface area contributed by atoms with Crippen LogP contribution < -0.4 is 11.1 Å². The van der Waals surface area contributed by atoms with Crippen LogP contribution in [0.2, 0.25) is 0 Å². The maximum absolute atomic E-state index is 11.9. The van der Waals surface area contributed by atoms with Gasteiger partial charge in [-0.1, -0.05) is 13.8 Å². The highest BCUT2D eigenvalue weighted by Crippen LogP contribution is 2.21. The number of amides is 1. The molecule has 1 atom stereocenters. The topological polar surface area (TPSA) is 83.8 Å². The zero-order chi connectivity index (χ0) is 14.4. The van der Waals surface area contributed by atoms with Crippen molar-refractivity contribution in [2.75, 3.05) is 11.9 Å². The second-order valence-corrected chi connectivity index (χ2v) is 5.49. The van der Waals surface area contributed by atoms with Gasteiger partial charge in [-0.2, -0.15) is 5.10 Å². The van der Waals surface area contributed by atoms with Crippen molar-refractivity contribution in [1.29, 1.82) is 0 Å². The summed E-state index contributed by atoms with van der Waals surface area (Å²) in [6.45, 7) is 8.93. The predicted molar refractivity (Wildman–Crippen MR) is 77.9 cm³/mol. The highest BCUT2D eigenvalue weighted by molar-refractivity contribution is 5.90. The summed E-state index contributed by atoms with van der Waals surface area (Å²) in [6, 6.07) is 0. The van der Waals surface area contributed by atoms with Crippen molar-refractivity contribution in [2.45, 2.75) is 47.0 Å². The molecule has 0 radical (unpaired) electrons. The molecule has 4 N–H and O–H groups in total. The average Bonchev–Trinajstić information content (AvgIpc) is 2.66. The third-order valence-corrected chi connectivity index (χ3v) is 3.73. The molecule has 0 aliphatic heterocycles. The Balaban J connectivity index is 2.45. The van der Waals surface area contributed by atoms with Crippen molar-refractivity contribution >= 4 is 11.7 Å². The van der Waals surface area contributed by atoms with Gasteiger partial charge in [0.25, 0.3) is 0 Å². The van der Waals surface area contributed by atoms with Crippen molar-refractivity contribution in [1.82, 2.24) is 10.2 Å². The Morgan fingerprint density at radius 1 is 1.37 bits per heavy atom. The van der Waals surface area contributed by atoms with Gasteiger partial charge in [0.2, 0.25) is 5.91 Å². The van der Waals surface area contributed by atoms with Crippen LogP contribution >= 0.6 is 0 Å². The van der Waals surface area contributed by atoms with E-state index in [0.717, 1.165) is 24.1 Å². The molecule has 1 aromatic rings. The van der Waals surface area contributed by atoms with Crippen LogP contribution in [0.15, 0.2) is 0 Å². The number of aromatic amines is 1. The Labute approximate surface area is 115 Å². The molecule has 1 heterocycles. The number of hydrogen-bond acceptors (Lipinski definition) is 3. The SMILES string of the molecule is Cc1[nH]nc(NC(=O)CCC(CCN)C(C)C)c1C. The van der Waals surface area contributed by atoms with Gasteiger partial charge in [0.05, 0.1) is 0 Å². The van der Waals surface area contributed by atoms with Crippen LogP contribution in [-0.4, -0.2) is 22.6 Å². The molecule has 108 valence electrons. The molecule has 1 unspecified atom stereocenters. The summed E-state index contributed by atoms with van der Waals surface area (Å²) >= 11 is 0. The Hall–Kier alpha value is -1.36. The van der Waals surface area contributed by atoms with Crippen LogP contribution in [0, 0.1) is 25.7 Å². The van der Waals surface area contributed by atoms with E-state index in [0.29, 0.717) is 30.6 Å². The average molecular weight is 266 g/mol. The molecule has 0 fully saturated rings. The lowest BCUT2D eigenvalue weighted by Crippen LogP contribution is -2.18. The summed E-state index contributed by atoms with van der Waals surface area (Å²) in [4.78, 5) is 11.9. The van der Waals surface area contributed by atoms with Gasteiger partial charge in [0, 0.05) is 17.7 Å². The first-order valence-corrected chi connectivity index (χ1v) is 6.97. The molecule has 0 saturated heterocycles. The maximum Gasteiger partial charge on any atom is 0.225 e. The van der Waals surface area contributed by atoms with Gasteiger partial charge >= 0.3 is 0 Å². The van der Waals surface area contributed by atoms with E-state index >= 15 is 0 Å². The first kappa shape index (κ1) is 15.7. The molecule has 0 aliphatic rings. The van der Waals surface area contributed by atoms with Gasteiger partial charge in [-0.05, 0) is 45.1 Å². The van der Waals surface area contributed by atoms with Crippen molar-refractivity contribution in [3.05, 3.63) is 11.3 Å². The van der Waals surface area contributed by atoms with E-state index in [1.165, 1.54) is 0 Å². The van der Waals surface area contributed by atoms with E-state index in [9.17, 15) is 4.79 Å². The zero-order valence-electron chi connectivity index (χ0n) is 12.4. The summed E-state index contributed by atoms with van der Waals surface area (Å²) in [5, 5.41) is 9.80. The van der Waals surface area contributed by atoms with Crippen LogP contribution in [0.3, 0.4) is 0 Å². The van der Waals surface area contributed by atoms with E-state index in [-0.39, 0.29) is 5.91 Å². The van der Waals surface area contributed by atoms with Crippen LogP contribution in [-0.2, 0) is 4.79 Å². The third kappa shape index (κ3) is 4.67. The number of nitrogens with one attached hydrogen (secondary N) is 2. The molecule has 19 heavy (non-hydrogen) atoms. The van der Waals surface area contributed by atoms with E-state index in [1.807, 2.05) is 13.8 Å². The second-order valence-electron chi connectivity index (χ2n) is 5.49. The molecule has 0 spiro atoms. The summed E-state index contributed by atoms with van der Waals surface area (Å²) in [5.74, 6) is 1.74. The lowest BCUT2D eigenvalue weighted by Gasteiger charge is -2.19. The van der Waals surface area contributed by atoms with Crippen molar-refractivity contribution in [2.24, 2.45) is 17.6 Å². The van der Waals surface area contributed by atoms with Gasteiger partial charge in [0.15, 0.2) is 5.82 Å². The molecular formula is C14H26N4O. The van der Waals surface area contributed by atoms with Crippen molar-refractivity contribution in [3.63, 3.8) is 0 Å². The highest BCUT2D eigenvalue weighted by atomic mass is 16.1. The van der Waals surface area contributed by atoms with E-state index in [1.54, 1.807) is 0 Å². The Morgan fingerprint density at radius 3 is 2.53 bits per heavy atom. The number of anilines is 1. The van der Waals surface area contributed by atoms with Gasteiger partial charge in [0.1, 0.15) is 0 Å². The normalized spacial score (nSPS) is 12.7. The van der Waals surface area contributed by atoms with Gasteiger partial charge in [-0.25, -0.2) is 0 Å². The number of hydrogen-bond donors (Lipinski definition) is 3. The van der Waals surface area contributed by atoms with E-state index < -0.39 is 0 Å². The summed E-state index contributed by atoms with van der Waals surface area (Å²) < 4.78 is 0. The summed E-state index contributed by atoms with van der Waals surface area (Å²) in [7, 11) is 0. The number of carbonyl (C=O) groups excluding carboxylic acids is 1. The molecule has 5 nitrogen and oxygen atoms in total.